The number of rotatable bonds is 7. The highest BCUT2D eigenvalue weighted by molar-refractivity contribution is 5.84. The maximum Gasteiger partial charge on any atom is 0.325 e. The van der Waals surface area contributed by atoms with E-state index in [0.29, 0.717) is 57.2 Å². The first kappa shape index (κ1) is 19.8. The molecule has 5 rings (SSSR count). The molecule has 32 heavy (non-hydrogen) atoms. The molecule has 9 nitrogen and oxygen atoms in total. The van der Waals surface area contributed by atoms with Crippen molar-refractivity contribution in [3.63, 3.8) is 0 Å². The summed E-state index contributed by atoms with van der Waals surface area (Å²) < 4.78 is 6.79. The van der Waals surface area contributed by atoms with E-state index in [9.17, 15) is 14.9 Å². The number of carboxylic acids is 1. The molecule has 4 aromatic rings. The van der Waals surface area contributed by atoms with Crippen LogP contribution in [0.1, 0.15) is 29.9 Å². The second kappa shape index (κ2) is 7.81. The van der Waals surface area contributed by atoms with Crippen LogP contribution in [0.2, 0.25) is 0 Å². The lowest BCUT2D eigenvalue weighted by atomic mass is 10.1. The van der Waals surface area contributed by atoms with Crippen LogP contribution < -0.4 is 10.3 Å². The summed E-state index contributed by atoms with van der Waals surface area (Å²) in [6.45, 7) is 0.0719. The predicted molar refractivity (Wildman–Crippen MR) is 115 cm³/mol. The Morgan fingerprint density at radius 2 is 2.06 bits per heavy atom. The lowest BCUT2D eigenvalue weighted by molar-refractivity contribution is -0.138. The Morgan fingerprint density at radius 3 is 2.78 bits per heavy atom. The molecule has 0 saturated heterocycles. The molecule has 0 spiro atoms. The second-order valence-corrected chi connectivity index (χ2v) is 7.94. The van der Waals surface area contributed by atoms with Crippen molar-refractivity contribution in [3.05, 3.63) is 63.8 Å². The maximum atomic E-state index is 12.6. The highest BCUT2D eigenvalue weighted by Gasteiger charge is 2.23. The Balaban J connectivity index is 1.53. The third-order valence-corrected chi connectivity index (χ3v) is 5.49. The summed E-state index contributed by atoms with van der Waals surface area (Å²) in [5.41, 5.74) is 1.87. The van der Waals surface area contributed by atoms with Crippen LogP contribution in [0.5, 0.6) is 5.75 Å². The van der Waals surface area contributed by atoms with E-state index >= 15 is 0 Å². The van der Waals surface area contributed by atoms with Gasteiger partial charge in [-0.1, -0.05) is 18.2 Å². The molecule has 2 N–H and O–H groups in total. The molecule has 0 radical (unpaired) electrons. The lowest BCUT2D eigenvalue weighted by Crippen LogP contribution is -2.28. The molecular weight excluding hydrogens is 410 g/mol. The zero-order chi connectivity index (χ0) is 22.2. The summed E-state index contributed by atoms with van der Waals surface area (Å²) in [4.78, 5) is 31.6. The van der Waals surface area contributed by atoms with Crippen LogP contribution in [-0.4, -0.2) is 37.4 Å². The largest absolute Gasteiger partial charge is 0.492 e. The average molecular weight is 429 g/mol. The number of hydrogen-bond donors (Lipinski definition) is 2. The van der Waals surface area contributed by atoms with Crippen LogP contribution in [-0.2, 0) is 17.8 Å². The van der Waals surface area contributed by atoms with Crippen LogP contribution in [0.15, 0.2) is 41.2 Å². The number of aliphatic carboxylic acids is 1. The van der Waals surface area contributed by atoms with Gasteiger partial charge in [0, 0.05) is 11.5 Å². The molecule has 0 bridgehead atoms. The number of fused-ring (bicyclic) bond motifs is 2. The molecule has 0 atom stereocenters. The number of imidazole rings is 1. The number of nitrogens with one attached hydrogen (secondary N) is 1. The molecule has 1 fully saturated rings. The van der Waals surface area contributed by atoms with Crippen molar-refractivity contribution in [3.8, 4) is 11.8 Å². The minimum Gasteiger partial charge on any atom is -0.492 e. The Labute approximate surface area is 181 Å². The summed E-state index contributed by atoms with van der Waals surface area (Å²) in [5, 5.41) is 24.0. The van der Waals surface area contributed by atoms with Crippen molar-refractivity contribution in [1.29, 1.82) is 5.26 Å². The topological polar surface area (TPSA) is 134 Å². The number of H-pyrrole nitrogens is 1. The zero-order valence-electron chi connectivity index (χ0n) is 17.0. The molecule has 0 unspecified atom stereocenters. The molecule has 9 heteroatoms. The number of carbonyl (C=O) groups is 1. The standard InChI is InChI=1S/C23H19N5O4/c24-10-14-7-18-19(8-20(14)32-12-13-5-6-13)26-21(25-18)9-17-15-3-1-2-4-16(15)23(31)28(27-17)11-22(29)30/h1-4,7-8,13H,5-6,9,11-12H2,(H,25,26)(H,29,30). The summed E-state index contributed by atoms with van der Waals surface area (Å²) in [7, 11) is 0. The Morgan fingerprint density at radius 1 is 1.28 bits per heavy atom. The van der Waals surface area contributed by atoms with E-state index in [2.05, 4.69) is 21.1 Å². The van der Waals surface area contributed by atoms with Gasteiger partial charge in [-0.2, -0.15) is 10.4 Å². The fraction of sp³-hybridized carbons (Fsp3) is 0.261. The van der Waals surface area contributed by atoms with Crippen LogP contribution in [0.25, 0.3) is 21.8 Å². The van der Waals surface area contributed by atoms with Crippen molar-refractivity contribution in [2.75, 3.05) is 6.61 Å². The van der Waals surface area contributed by atoms with Crippen molar-refractivity contribution < 1.29 is 14.6 Å². The third kappa shape index (κ3) is 3.78. The molecule has 2 aromatic carbocycles. The highest BCUT2D eigenvalue weighted by atomic mass is 16.5. The molecule has 2 aromatic heterocycles. The number of ether oxygens (including phenoxy) is 1. The van der Waals surface area contributed by atoms with Crippen molar-refractivity contribution in [2.45, 2.75) is 25.8 Å². The average Bonchev–Trinajstić information content (AvgIpc) is 3.53. The van der Waals surface area contributed by atoms with E-state index in [1.807, 2.05) is 0 Å². The van der Waals surface area contributed by atoms with Gasteiger partial charge in [-0.3, -0.25) is 9.59 Å². The molecule has 0 aliphatic heterocycles. The second-order valence-electron chi connectivity index (χ2n) is 7.94. The highest BCUT2D eigenvalue weighted by Crippen LogP contribution is 2.31. The molecule has 1 saturated carbocycles. The van der Waals surface area contributed by atoms with Crippen LogP contribution >= 0.6 is 0 Å². The molecule has 0 amide bonds. The van der Waals surface area contributed by atoms with Crippen LogP contribution in [0.4, 0.5) is 0 Å². The van der Waals surface area contributed by atoms with Crippen LogP contribution in [0, 0.1) is 17.2 Å². The first-order chi connectivity index (χ1) is 15.5. The monoisotopic (exact) mass is 429 g/mol. The molecule has 2 heterocycles. The predicted octanol–water partition coefficient (Wildman–Crippen LogP) is 2.61. The number of nitrogens with zero attached hydrogens (tertiary/aromatic N) is 4. The van der Waals surface area contributed by atoms with Gasteiger partial charge >= 0.3 is 5.97 Å². The fourth-order valence-electron chi connectivity index (χ4n) is 3.70. The summed E-state index contributed by atoms with van der Waals surface area (Å²) in [6.07, 6.45) is 2.57. The maximum absolute atomic E-state index is 12.6. The Bertz CT molecular complexity index is 1460. The van der Waals surface area contributed by atoms with Gasteiger partial charge in [-0.25, -0.2) is 9.67 Å². The SMILES string of the molecule is N#Cc1cc2[nH]c(Cc3nn(CC(=O)O)c(=O)c4ccccc34)nc2cc1OCC1CC1. The van der Waals surface area contributed by atoms with Gasteiger partial charge in [0.15, 0.2) is 0 Å². The molecule has 1 aliphatic rings. The summed E-state index contributed by atoms with van der Waals surface area (Å²) in [5.74, 6) is 0.519. The van der Waals surface area contributed by atoms with E-state index < -0.39 is 18.1 Å². The van der Waals surface area contributed by atoms with Crippen molar-refractivity contribution >= 4 is 27.8 Å². The number of nitriles is 1. The van der Waals surface area contributed by atoms with E-state index in [1.165, 1.54) is 0 Å². The van der Waals surface area contributed by atoms with Crippen molar-refractivity contribution in [2.24, 2.45) is 5.92 Å². The minimum absolute atomic E-state index is 0.259. The van der Waals surface area contributed by atoms with E-state index in [4.69, 9.17) is 9.84 Å². The normalized spacial score (nSPS) is 13.3. The van der Waals surface area contributed by atoms with Gasteiger partial charge in [0.2, 0.25) is 0 Å². The third-order valence-electron chi connectivity index (χ3n) is 5.49. The van der Waals surface area contributed by atoms with Crippen LogP contribution in [0.3, 0.4) is 0 Å². The number of carboxylic acid groups (broad SMARTS) is 1. The van der Waals surface area contributed by atoms with Gasteiger partial charge in [0.25, 0.3) is 5.56 Å². The van der Waals surface area contributed by atoms with E-state index in [0.717, 1.165) is 17.5 Å². The number of benzene rings is 2. The zero-order valence-corrected chi connectivity index (χ0v) is 17.0. The number of hydrogen-bond acceptors (Lipinski definition) is 6. The minimum atomic E-state index is -1.15. The van der Waals surface area contributed by atoms with E-state index in [-0.39, 0.29) is 6.42 Å². The molecule has 160 valence electrons. The van der Waals surface area contributed by atoms with Gasteiger partial charge in [-0.05, 0) is 30.9 Å². The van der Waals surface area contributed by atoms with Gasteiger partial charge in [0.1, 0.15) is 24.2 Å². The number of aromatic amines is 1. The first-order valence-corrected chi connectivity index (χ1v) is 10.3. The van der Waals surface area contributed by atoms with Crippen molar-refractivity contribution in [1.82, 2.24) is 19.7 Å². The molecule has 1 aliphatic carbocycles. The fourth-order valence-corrected chi connectivity index (χ4v) is 3.70. The van der Waals surface area contributed by atoms with E-state index in [1.54, 1.807) is 36.4 Å². The lowest BCUT2D eigenvalue weighted by Gasteiger charge is -2.08. The van der Waals surface area contributed by atoms with Gasteiger partial charge < -0.3 is 14.8 Å². The molecular formula is C23H19N5O4. The quantitative estimate of drug-likeness (QED) is 0.461. The first-order valence-electron chi connectivity index (χ1n) is 10.3. The Kier molecular flexibility index (Phi) is 4.82. The Hall–Kier alpha value is -4.19. The smallest absolute Gasteiger partial charge is 0.325 e. The number of aromatic nitrogens is 4. The van der Waals surface area contributed by atoms with Gasteiger partial charge in [-0.15, -0.1) is 0 Å². The summed E-state index contributed by atoms with van der Waals surface area (Å²) in [6, 6.07) is 12.6. The van der Waals surface area contributed by atoms with Gasteiger partial charge in [0.05, 0.1) is 40.7 Å². The summed E-state index contributed by atoms with van der Waals surface area (Å²) >= 11 is 0.